The molecule has 2 aromatic carbocycles. The number of hydrogen-bond donors (Lipinski definition) is 2. The van der Waals surface area contributed by atoms with E-state index in [-0.39, 0.29) is 17.1 Å². The quantitative estimate of drug-likeness (QED) is 0.705. The van der Waals surface area contributed by atoms with E-state index >= 15 is 0 Å². The van der Waals surface area contributed by atoms with Gasteiger partial charge < -0.3 is 15.0 Å². The van der Waals surface area contributed by atoms with Crippen molar-refractivity contribution in [3.63, 3.8) is 0 Å². The van der Waals surface area contributed by atoms with Gasteiger partial charge in [0.1, 0.15) is 5.82 Å². The highest BCUT2D eigenvalue weighted by Crippen LogP contribution is 2.34. The zero-order chi connectivity index (χ0) is 19.7. The number of hydrogen-bond acceptors (Lipinski definition) is 2. The van der Waals surface area contributed by atoms with Gasteiger partial charge in [0.05, 0.1) is 0 Å². The molecule has 0 aliphatic carbocycles. The van der Waals surface area contributed by atoms with Gasteiger partial charge in [0, 0.05) is 47.3 Å². The minimum Gasteiger partial charge on any atom is -0.381 e. The fourth-order valence-electron chi connectivity index (χ4n) is 4.09. The maximum atomic E-state index is 13.4. The summed E-state index contributed by atoms with van der Waals surface area (Å²) in [5.41, 5.74) is 4.79. The number of carbonyl (C=O) groups excluding carboxylic acids is 1. The second kappa shape index (κ2) is 7.40. The molecular formula is C23H25FN2O2. The Balaban J connectivity index is 1.56. The topological polar surface area (TPSA) is 54.1 Å². The molecule has 1 aliphatic rings. The first-order valence-corrected chi connectivity index (χ1v) is 9.69. The van der Waals surface area contributed by atoms with Crippen molar-refractivity contribution in [1.29, 1.82) is 0 Å². The van der Waals surface area contributed by atoms with E-state index in [1.54, 1.807) is 0 Å². The smallest absolute Gasteiger partial charge is 0.251 e. The summed E-state index contributed by atoms with van der Waals surface area (Å²) in [6.07, 6.45) is 1.60. The summed E-state index contributed by atoms with van der Waals surface area (Å²) >= 11 is 0. The van der Waals surface area contributed by atoms with Gasteiger partial charge in [-0.1, -0.05) is 12.1 Å². The van der Waals surface area contributed by atoms with E-state index in [0.717, 1.165) is 40.6 Å². The van der Waals surface area contributed by atoms with Crippen LogP contribution in [0.4, 0.5) is 4.39 Å². The fraction of sp³-hybridized carbons (Fsp3) is 0.348. The number of aryl methyl sites for hydroxylation is 2. The number of benzene rings is 2. The molecule has 1 aliphatic heterocycles. The molecule has 0 bridgehead atoms. The molecular weight excluding hydrogens is 355 g/mol. The third kappa shape index (κ3) is 3.42. The molecule has 0 radical (unpaired) electrons. The van der Waals surface area contributed by atoms with Gasteiger partial charge in [-0.15, -0.1) is 0 Å². The Morgan fingerprint density at radius 1 is 1.14 bits per heavy atom. The lowest BCUT2D eigenvalue weighted by atomic mass is 9.74. The molecule has 0 saturated carbocycles. The molecule has 146 valence electrons. The van der Waals surface area contributed by atoms with E-state index in [1.807, 2.05) is 37.3 Å². The number of halogens is 1. The highest BCUT2D eigenvalue weighted by Gasteiger charge is 2.35. The third-order valence-electron chi connectivity index (χ3n) is 6.06. The van der Waals surface area contributed by atoms with E-state index in [0.29, 0.717) is 25.3 Å². The van der Waals surface area contributed by atoms with E-state index in [2.05, 4.69) is 17.2 Å². The molecule has 1 aromatic heterocycles. The van der Waals surface area contributed by atoms with E-state index in [9.17, 15) is 9.18 Å². The van der Waals surface area contributed by atoms with Crippen LogP contribution in [-0.2, 0) is 10.2 Å². The summed E-state index contributed by atoms with van der Waals surface area (Å²) in [4.78, 5) is 16.2. The van der Waals surface area contributed by atoms with Gasteiger partial charge in [0.15, 0.2) is 0 Å². The van der Waals surface area contributed by atoms with Gasteiger partial charge in [-0.05, 0) is 68.1 Å². The lowest BCUT2D eigenvalue weighted by Gasteiger charge is -2.38. The molecule has 0 atom stereocenters. The Morgan fingerprint density at radius 3 is 2.57 bits per heavy atom. The molecule has 4 rings (SSSR count). The average Bonchev–Trinajstić information content (AvgIpc) is 3.00. The van der Waals surface area contributed by atoms with Crippen molar-refractivity contribution in [2.45, 2.75) is 32.1 Å². The van der Waals surface area contributed by atoms with Crippen LogP contribution in [0.1, 0.15) is 40.0 Å². The second-order valence-electron chi connectivity index (χ2n) is 7.72. The lowest BCUT2D eigenvalue weighted by molar-refractivity contribution is 0.0487. The third-order valence-corrected chi connectivity index (χ3v) is 6.06. The van der Waals surface area contributed by atoms with Gasteiger partial charge in [-0.2, -0.15) is 0 Å². The SMILES string of the molecule is Cc1[nH]c2ccc(C(=O)NCC3(c4ccc(F)cc4)CCOCC3)cc2c1C. The zero-order valence-corrected chi connectivity index (χ0v) is 16.3. The molecule has 4 nitrogen and oxygen atoms in total. The normalized spacial score (nSPS) is 16.2. The van der Waals surface area contributed by atoms with Crippen molar-refractivity contribution in [3.8, 4) is 0 Å². The Kier molecular flexibility index (Phi) is 4.94. The highest BCUT2D eigenvalue weighted by molar-refractivity contribution is 5.99. The average molecular weight is 380 g/mol. The van der Waals surface area contributed by atoms with Crippen molar-refractivity contribution in [3.05, 3.63) is 70.7 Å². The minimum absolute atomic E-state index is 0.0897. The monoisotopic (exact) mass is 380 g/mol. The number of amides is 1. The van der Waals surface area contributed by atoms with E-state index in [4.69, 9.17) is 4.74 Å². The number of carbonyl (C=O) groups is 1. The molecule has 0 unspecified atom stereocenters. The maximum absolute atomic E-state index is 13.4. The van der Waals surface area contributed by atoms with Gasteiger partial charge >= 0.3 is 0 Å². The summed E-state index contributed by atoms with van der Waals surface area (Å²) in [5.74, 6) is -0.339. The summed E-state index contributed by atoms with van der Waals surface area (Å²) in [7, 11) is 0. The van der Waals surface area contributed by atoms with Crippen molar-refractivity contribution in [2.24, 2.45) is 0 Å². The summed E-state index contributed by atoms with van der Waals surface area (Å²) in [6, 6.07) is 12.4. The van der Waals surface area contributed by atoms with Gasteiger partial charge in [0.25, 0.3) is 5.91 Å². The molecule has 28 heavy (non-hydrogen) atoms. The number of H-pyrrole nitrogens is 1. The van der Waals surface area contributed by atoms with Crippen molar-refractivity contribution in [2.75, 3.05) is 19.8 Å². The Labute approximate surface area is 164 Å². The zero-order valence-electron chi connectivity index (χ0n) is 16.3. The highest BCUT2D eigenvalue weighted by atomic mass is 19.1. The van der Waals surface area contributed by atoms with Crippen molar-refractivity contribution >= 4 is 16.8 Å². The standard InChI is InChI=1S/C23H25FN2O2/c1-15-16(2)26-21-8-3-17(13-20(15)21)22(27)25-14-23(9-11-28-12-10-23)18-4-6-19(24)7-5-18/h3-8,13,26H,9-12,14H2,1-2H3,(H,25,27). The number of nitrogens with one attached hydrogen (secondary N) is 2. The number of aromatic amines is 1. The molecule has 5 heteroatoms. The first-order chi connectivity index (χ1) is 13.5. The number of ether oxygens (including phenoxy) is 1. The van der Waals surface area contributed by atoms with E-state index in [1.165, 1.54) is 12.1 Å². The first-order valence-electron chi connectivity index (χ1n) is 9.69. The fourth-order valence-corrected chi connectivity index (χ4v) is 4.09. The number of fused-ring (bicyclic) bond motifs is 1. The lowest BCUT2D eigenvalue weighted by Crippen LogP contribution is -2.44. The Bertz CT molecular complexity index is 1000. The van der Waals surface area contributed by atoms with Crippen LogP contribution in [0.25, 0.3) is 10.9 Å². The Morgan fingerprint density at radius 2 is 1.86 bits per heavy atom. The first kappa shape index (κ1) is 18.7. The molecule has 1 fully saturated rings. The Hall–Kier alpha value is -2.66. The largest absolute Gasteiger partial charge is 0.381 e. The van der Waals surface area contributed by atoms with Crippen molar-refractivity contribution in [1.82, 2.24) is 10.3 Å². The second-order valence-corrected chi connectivity index (χ2v) is 7.72. The molecule has 2 heterocycles. The van der Waals surface area contributed by atoms with Gasteiger partial charge in [0.2, 0.25) is 0 Å². The van der Waals surface area contributed by atoms with Crippen LogP contribution in [0.5, 0.6) is 0 Å². The molecule has 1 saturated heterocycles. The van der Waals surface area contributed by atoms with Crippen LogP contribution in [0.2, 0.25) is 0 Å². The van der Waals surface area contributed by atoms with Gasteiger partial charge in [-0.3, -0.25) is 4.79 Å². The summed E-state index contributed by atoms with van der Waals surface area (Å²) in [5, 5.41) is 4.19. The van der Waals surface area contributed by atoms with Crippen LogP contribution in [-0.4, -0.2) is 30.6 Å². The molecule has 2 N–H and O–H groups in total. The molecule has 1 amide bonds. The summed E-state index contributed by atoms with van der Waals surface area (Å²) in [6.45, 7) is 5.88. The maximum Gasteiger partial charge on any atom is 0.251 e. The van der Waals surface area contributed by atoms with Crippen LogP contribution in [0.3, 0.4) is 0 Å². The van der Waals surface area contributed by atoms with E-state index < -0.39 is 0 Å². The minimum atomic E-state index is -0.250. The van der Waals surface area contributed by atoms with Crippen molar-refractivity contribution < 1.29 is 13.9 Å². The number of rotatable bonds is 4. The van der Waals surface area contributed by atoms with Gasteiger partial charge in [-0.25, -0.2) is 4.39 Å². The number of aromatic nitrogens is 1. The molecule has 0 spiro atoms. The predicted molar refractivity (Wildman–Crippen MR) is 108 cm³/mol. The van der Waals surface area contributed by atoms with Crippen LogP contribution >= 0.6 is 0 Å². The van der Waals surface area contributed by atoms with Crippen LogP contribution < -0.4 is 5.32 Å². The summed E-state index contributed by atoms with van der Waals surface area (Å²) < 4.78 is 18.9. The van der Waals surface area contributed by atoms with Crippen LogP contribution in [0.15, 0.2) is 42.5 Å². The van der Waals surface area contributed by atoms with Crippen LogP contribution in [0, 0.1) is 19.7 Å². The predicted octanol–water partition coefficient (Wildman–Crippen LogP) is 4.40. The molecule has 3 aromatic rings.